The first kappa shape index (κ1) is 19.2. The molecule has 1 amide bonds. The van der Waals surface area contributed by atoms with Gasteiger partial charge in [-0.05, 0) is 43.5 Å². The number of halogens is 1. The number of aryl methyl sites for hydroxylation is 2. The molecule has 1 fully saturated rings. The van der Waals surface area contributed by atoms with Crippen LogP contribution in [0.2, 0.25) is 0 Å². The summed E-state index contributed by atoms with van der Waals surface area (Å²) in [7, 11) is 0. The van der Waals surface area contributed by atoms with Crippen molar-refractivity contribution in [2.24, 2.45) is 0 Å². The van der Waals surface area contributed by atoms with E-state index in [9.17, 15) is 9.18 Å². The lowest BCUT2D eigenvalue weighted by Crippen LogP contribution is -2.44. The summed E-state index contributed by atoms with van der Waals surface area (Å²) in [6, 6.07) is 5.88. The summed E-state index contributed by atoms with van der Waals surface area (Å²) in [5.41, 5.74) is 0.146. The Balaban J connectivity index is 1.31. The van der Waals surface area contributed by atoms with Gasteiger partial charge in [0.2, 0.25) is 23.5 Å². The lowest BCUT2D eigenvalue weighted by atomic mass is 9.96. The van der Waals surface area contributed by atoms with E-state index in [4.69, 9.17) is 9.05 Å². The summed E-state index contributed by atoms with van der Waals surface area (Å²) in [6.45, 7) is 1.74. The summed E-state index contributed by atoms with van der Waals surface area (Å²) in [4.78, 5) is 21.2. The molecule has 0 saturated heterocycles. The smallest absolute Gasteiger partial charge is 0.226 e. The number of aromatic nitrogens is 4. The van der Waals surface area contributed by atoms with Crippen molar-refractivity contribution in [2.45, 2.75) is 57.4 Å². The van der Waals surface area contributed by atoms with Crippen LogP contribution >= 0.6 is 0 Å². The Hall–Kier alpha value is -3.10. The van der Waals surface area contributed by atoms with Gasteiger partial charge in [0, 0.05) is 25.3 Å². The predicted octanol–water partition coefficient (Wildman–Crippen LogP) is 3.48. The number of nitrogens with one attached hydrogen (secondary N) is 1. The standard InChI is InChI=1S/C20H22FN5O3/c1-13-22-19(26-28-13)20(11-2-3-12-20)24-16(27)5-4-6-17-23-18(25-29-17)14-7-9-15(21)10-8-14/h7-10H,2-6,11-12H2,1H3,(H,24,27). The molecule has 0 unspecified atom stereocenters. The van der Waals surface area contributed by atoms with Crippen LogP contribution in [-0.2, 0) is 16.8 Å². The van der Waals surface area contributed by atoms with Crippen LogP contribution in [0.15, 0.2) is 33.3 Å². The molecule has 3 aromatic rings. The van der Waals surface area contributed by atoms with Gasteiger partial charge in [0.1, 0.15) is 11.4 Å². The molecule has 1 aliphatic rings. The molecule has 0 atom stereocenters. The first-order valence-corrected chi connectivity index (χ1v) is 9.74. The lowest BCUT2D eigenvalue weighted by molar-refractivity contribution is -0.123. The summed E-state index contributed by atoms with van der Waals surface area (Å²) < 4.78 is 23.4. The highest BCUT2D eigenvalue weighted by Gasteiger charge is 2.41. The number of carbonyl (C=O) groups excluding carboxylic acids is 1. The molecule has 1 saturated carbocycles. The minimum absolute atomic E-state index is 0.0624. The molecule has 0 bridgehead atoms. The van der Waals surface area contributed by atoms with Crippen LogP contribution in [0.1, 0.15) is 56.1 Å². The number of carbonyl (C=O) groups is 1. The molecule has 1 aliphatic carbocycles. The van der Waals surface area contributed by atoms with Crippen molar-refractivity contribution in [2.75, 3.05) is 0 Å². The Labute approximate surface area is 166 Å². The molecule has 8 nitrogen and oxygen atoms in total. The quantitative estimate of drug-likeness (QED) is 0.648. The topological polar surface area (TPSA) is 107 Å². The Bertz CT molecular complexity index is 976. The second-order valence-electron chi connectivity index (χ2n) is 7.35. The molecule has 9 heteroatoms. The van der Waals surface area contributed by atoms with E-state index in [2.05, 4.69) is 25.6 Å². The molecule has 152 valence electrons. The minimum Gasteiger partial charge on any atom is -0.343 e. The fourth-order valence-electron chi connectivity index (χ4n) is 3.68. The second kappa shape index (κ2) is 8.10. The van der Waals surface area contributed by atoms with Crippen LogP contribution in [0.3, 0.4) is 0 Å². The van der Waals surface area contributed by atoms with E-state index >= 15 is 0 Å². The van der Waals surface area contributed by atoms with Gasteiger partial charge in [-0.2, -0.15) is 9.97 Å². The van der Waals surface area contributed by atoms with E-state index in [-0.39, 0.29) is 11.7 Å². The average Bonchev–Trinajstić information content (AvgIpc) is 3.44. The van der Waals surface area contributed by atoms with Gasteiger partial charge in [-0.25, -0.2) is 4.39 Å². The highest BCUT2D eigenvalue weighted by molar-refractivity contribution is 5.77. The van der Waals surface area contributed by atoms with Gasteiger partial charge >= 0.3 is 0 Å². The SMILES string of the molecule is Cc1nc(C2(NC(=O)CCCc3nc(-c4ccc(F)cc4)no3)CCCC2)no1. The van der Waals surface area contributed by atoms with Gasteiger partial charge in [-0.1, -0.05) is 23.2 Å². The van der Waals surface area contributed by atoms with Gasteiger partial charge < -0.3 is 14.4 Å². The van der Waals surface area contributed by atoms with E-state index in [0.717, 1.165) is 25.7 Å². The summed E-state index contributed by atoms with van der Waals surface area (Å²) >= 11 is 0. The van der Waals surface area contributed by atoms with Crippen molar-refractivity contribution in [1.29, 1.82) is 0 Å². The number of hydrogen-bond acceptors (Lipinski definition) is 7. The molecule has 0 aliphatic heterocycles. The van der Waals surface area contributed by atoms with Gasteiger partial charge in [-0.15, -0.1) is 0 Å². The fraction of sp³-hybridized carbons (Fsp3) is 0.450. The van der Waals surface area contributed by atoms with Crippen LogP contribution in [0, 0.1) is 12.7 Å². The number of rotatable bonds is 7. The number of hydrogen-bond donors (Lipinski definition) is 1. The van der Waals surface area contributed by atoms with E-state index in [1.807, 2.05) is 0 Å². The van der Waals surface area contributed by atoms with E-state index in [1.54, 1.807) is 19.1 Å². The minimum atomic E-state index is -0.533. The second-order valence-corrected chi connectivity index (χ2v) is 7.35. The van der Waals surface area contributed by atoms with Crippen LogP contribution < -0.4 is 5.32 Å². The lowest BCUT2D eigenvalue weighted by Gasteiger charge is -2.26. The number of benzene rings is 1. The first-order valence-electron chi connectivity index (χ1n) is 9.74. The molecule has 2 aromatic heterocycles. The van der Waals surface area contributed by atoms with E-state index < -0.39 is 5.54 Å². The summed E-state index contributed by atoms with van der Waals surface area (Å²) in [5.74, 6) is 1.52. The van der Waals surface area contributed by atoms with Crippen LogP contribution in [0.5, 0.6) is 0 Å². The maximum Gasteiger partial charge on any atom is 0.226 e. The van der Waals surface area contributed by atoms with Crippen LogP contribution in [-0.4, -0.2) is 26.2 Å². The third-order valence-corrected chi connectivity index (χ3v) is 5.16. The Morgan fingerprint density at radius 3 is 2.59 bits per heavy atom. The van der Waals surface area contributed by atoms with Gasteiger partial charge in [-0.3, -0.25) is 4.79 Å². The van der Waals surface area contributed by atoms with Crippen molar-refractivity contribution in [1.82, 2.24) is 25.6 Å². The number of nitrogens with zero attached hydrogens (tertiary/aromatic N) is 4. The third kappa shape index (κ3) is 4.33. The van der Waals surface area contributed by atoms with Crippen molar-refractivity contribution >= 4 is 5.91 Å². The van der Waals surface area contributed by atoms with E-state index in [1.165, 1.54) is 12.1 Å². The van der Waals surface area contributed by atoms with Gasteiger partial charge in [0.25, 0.3) is 0 Å². The highest BCUT2D eigenvalue weighted by atomic mass is 19.1. The molecule has 1 N–H and O–H groups in total. The average molecular weight is 399 g/mol. The van der Waals surface area contributed by atoms with Crippen molar-refractivity contribution in [3.8, 4) is 11.4 Å². The molecule has 2 heterocycles. The fourth-order valence-corrected chi connectivity index (χ4v) is 3.68. The van der Waals surface area contributed by atoms with Crippen LogP contribution in [0.4, 0.5) is 4.39 Å². The Morgan fingerprint density at radius 2 is 1.90 bits per heavy atom. The molecule has 1 aromatic carbocycles. The molecule has 0 spiro atoms. The van der Waals surface area contributed by atoms with Crippen molar-refractivity contribution in [3.63, 3.8) is 0 Å². The zero-order valence-corrected chi connectivity index (χ0v) is 16.2. The van der Waals surface area contributed by atoms with Crippen molar-refractivity contribution in [3.05, 3.63) is 47.7 Å². The predicted molar refractivity (Wildman–Crippen MR) is 100.0 cm³/mol. The summed E-state index contributed by atoms with van der Waals surface area (Å²) in [6.07, 6.45) is 5.02. The largest absolute Gasteiger partial charge is 0.343 e. The first-order chi connectivity index (χ1) is 14.0. The van der Waals surface area contributed by atoms with Crippen LogP contribution in [0.25, 0.3) is 11.4 Å². The summed E-state index contributed by atoms with van der Waals surface area (Å²) in [5, 5.41) is 11.1. The molecule has 0 radical (unpaired) electrons. The molecular formula is C20H22FN5O3. The number of amides is 1. The molecule has 4 rings (SSSR count). The third-order valence-electron chi connectivity index (χ3n) is 5.16. The maximum atomic E-state index is 13.0. The van der Waals surface area contributed by atoms with Gasteiger partial charge in [0.15, 0.2) is 5.82 Å². The van der Waals surface area contributed by atoms with Gasteiger partial charge in [0.05, 0.1) is 0 Å². The van der Waals surface area contributed by atoms with Crippen molar-refractivity contribution < 1.29 is 18.2 Å². The van der Waals surface area contributed by atoms with E-state index in [0.29, 0.717) is 48.3 Å². The zero-order chi connectivity index (χ0) is 20.3. The maximum absolute atomic E-state index is 13.0. The zero-order valence-electron chi connectivity index (χ0n) is 16.2. The monoisotopic (exact) mass is 399 g/mol. The molecule has 29 heavy (non-hydrogen) atoms. The normalized spacial score (nSPS) is 15.5. The molecular weight excluding hydrogens is 377 g/mol. The Kier molecular flexibility index (Phi) is 5.37. The highest BCUT2D eigenvalue weighted by Crippen LogP contribution is 2.37. The Morgan fingerprint density at radius 1 is 1.14 bits per heavy atom.